The first-order chi connectivity index (χ1) is 12.7. The average Bonchev–Trinajstić information content (AvgIpc) is 2.65. The number of nitrogens with two attached hydrogens (primary N) is 1. The molecule has 2 amide bonds. The van der Waals surface area contributed by atoms with E-state index >= 15 is 0 Å². The zero-order valence-electron chi connectivity index (χ0n) is 15.4. The molecule has 1 aromatic carbocycles. The molecule has 5 nitrogen and oxygen atoms in total. The Morgan fingerprint density at radius 1 is 1.30 bits per heavy atom. The SMILES string of the molecule is CCN(CC(F)(F)F)C(=O)C1CCCN(C(=O)[C@@H](N)Cc2ccccc2)C1. The van der Waals surface area contributed by atoms with Crippen molar-refractivity contribution in [1.29, 1.82) is 0 Å². The number of nitrogens with zero attached hydrogens (tertiary/aromatic N) is 2. The molecule has 27 heavy (non-hydrogen) atoms. The van der Waals surface area contributed by atoms with Crippen LogP contribution in [0.4, 0.5) is 13.2 Å². The fraction of sp³-hybridized carbons (Fsp3) is 0.579. The third kappa shape index (κ3) is 6.23. The van der Waals surface area contributed by atoms with Crippen molar-refractivity contribution in [3.63, 3.8) is 0 Å². The molecular weight excluding hydrogens is 359 g/mol. The van der Waals surface area contributed by atoms with Crippen molar-refractivity contribution >= 4 is 11.8 Å². The number of likely N-dealkylation sites (tertiary alicyclic amines) is 1. The second-order valence-electron chi connectivity index (χ2n) is 6.89. The zero-order valence-corrected chi connectivity index (χ0v) is 15.4. The van der Waals surface area contributed by atoms with E-state index in [1.165, 1.54) is 11.8 Å². The van der Waals surface area contributed by atoms with Crippen molar-refractivity contribution in [2.75, 3.05) is 26.2 Å². The molecule has 2 rings (SSSR count). The predicted molar refractivity (Wildman–Crippen MR) is 95.7 cm³/mol. The van der Waals surface area contributed by atoms with Crippen LogP contribution in [0.2, 0.25) is 0 Å². The Morgan fingerprint density at radius 2 is 1.96 bits per heavy atom. The van der Waals surface area contributed by atoms with Crippen molar-refractivity contribution in [2.45, 2.75) is 38.4 Å². The molecule has 1 aromatic rings. The molecule has 0 aromatic heterocycles. The molecule has 0 aliphatic carbocycles. The highest BCUT2D eigenvalue weighted by molar-refractivity contribution is 5.84. The maximum absolute atomic E-state index is 12.7. The van der Waals surface area contributed by atoms with Crippen LogP contribution in [-0.4, -0.2) is 60.0 Å². The highest BCUT2D eigenvalue weighted by atomic mass is 19.4. The van der Waals surface area contributed by atoms with Gasteiger partial charge in [-0.2, -0.15) is 13.2 Å². The molecule has 2 atom stereocenters. The van der Waals surface area contributed by atoms with Gasteiger partial charge in [-0.3, -0.25) is 9.59 Å². The van der Waals surface area contributed by atoms with Gasteiger partial charge in [0.15, 0.2) is 0 Å². The Morgan fingerprint density at radius 3 is 2.56 bits per heavy atom. The molecular formula is C19H26F3N3O2. The molecule has 0 radical (unpaired) electrons. The molecule has 1 unspecified atom stereocenters. The molecule has 1 saturated heterocycles. The Bertz CT molecular complexity index is 637. The summed E-state index contributed by atoms with van der Waals surface area (Å²) < 4.78 is 38.0. The van der Waals surface area contributed by atoms with Crippen molar-refractivity contribution in [3.8, 4) is 0 Å². The number of hydrogen-bond donors (Lipinski definition) is 1. The van der Waals surface area contributed by atoms with Crippen molar-refractivity contribution < 1.29 is 22.8 Å². The first-order valence-corrected chi connectivity index (χ1v) is 9.15. The van der Waals surface area contributed by atoms with Crippen LogP contribution in [0.3, 0.4) is 0 Å². The second kappa shape index (κ2) is 9.21. The second-order valence-corrected chi connectivity index (χ2v) is 6.89. The molecule has 1 heterocycles. The van der Waals surface area contributed by atoms with E-state index < -0.39 is 30.6 Å². The van der Waals surface area contributed by atoms with E-state index in [2.05, 4.69) is 0 Å². The molecule has 2 N–H and O–H groups in total. The van der Waals surface area contributed by atoms with Crippen molar-refractivity contribution in [1.82, 2.24) is 9.80 Å². The maximum Gasteiger partial charge on any atom is 0.406 e. The fourth-order valence-corrected chi connectivity index (χ4v) is 3.39. The minimum Gasteiger partial charge on any atom is -0.341 e. The number of hydrogen-bond acceptors (Lipinski definition) is 3. The average molecular weight is 385 g/mol. The molecule has 1 fully saturated rings. The number of amides is 2. The summed E-state index contributed by atoms with van der Waals surface area (Å²) in [5.41, 5.74) is 6.97. The van der Waals surface area contributed by atoms with E-state index in [4.69, 9.17) is 5.73 Å². The van der Waals surface area contributed by atoms with Crippen LogP contribution in [0.15, 0.2) is 30.3 Å². The van der Waals surface area contributed by atoms with Gasteiger partial charge in [-0.15, -0.1) is 0 Å². The summed E-state index contributed by atoms with van der Waals surface area (Å²) in [6.45, 7) is 0.826. The largest absolute Gasteiger partial charge is 0.406 e. The summed E-state index contributed by atoms with van der Waals surface area (Å²) in [6.07, 6.45) is -3.01. The molecule has 1 aliphatic rings. The third-order valence-electron chi connectivity index (χ3n) is 4.76. The number of rotatable bonds is 6. The van der Waals surface area contributed by atoms with Gasteiger partial charge in [0.05, 0.1) is 12.0 Å². The van der Waals surface area contributed by atoms with Gasteiger partial charge < -0.3 is 15.5 Å². The molecule has 0 spiro atoms. The van der Waals surface area contributed by atoms with Crippen LogP contribution in [0.1, 0.15) is 25.3 Å². The van der Waals surface area contributed by atoms with Gasteiger partial charge in [0.2, 0.25) is 11.8 Å². The summed E-state index contributed by atoms with van der Waals surface area (Å²) in [4.78, 5) is 27.5. The van der Waals surface area contributed by atoms with E-state index in [0.29, 0.717) is 25.8 Å². The van der Waals surface area contributed by atoms with Gasteiger partial charge in [0.1, 0.15) is 6.54 Å². The lowest BCUT2D eigenvalue weighted by Gasteiger charge is -2.36. The van der Waals surface area contributed by atoms with Gasteiger partial charge in [0.25, 0.3) is 0 Å². The Labute approximate surface area is 157 Å². The monoisotopic (exact) mass is 385 g/mol. The van der Waals surface area contributed by atoms with E-state index in [1.54, 1.807) is 0 Å². The Balaban J connectivity index is 1.97. The third-order valence-corrected chi connectivity index (χ3v) is 4.76. The van der Waals surface area contributed by atoms with E-state index in [0.717, 1.165) is 10.5 Å². The maximum atomic E-state index is 12.7. The van der Waals surface area contributed by atoms with Crippen LogP contribution in [-0.2, 0) is 16.0 Å². The fourth-order valence-electron chi connectivity index (χ4n) is 3.39. The highest BCUT2D eigenvalue weighted by Crippen LogP contribution is 2.23. The first-order valence-electron chi connectivity index (χ1n) is 9.15. The van der Waals surface area contributed by atoms with E-state index in [1.807, 2.05) is 30.3 Å². The van der Waals surface area contributed by atoms with Crippen LogP contribution in [0.25, 0.3) is 0 Å². The topological polar surface area (TPSA) is 66.6 Å². The Kier molecular flexibility index (Phi) is 7.24. The van der Waals surface area contributed by atoms with Crippen molar-refractivity contribution in [3.05, 3.63) is 35.9 Å². The quantitative estimate of drug-likeness (QED) is 0.817. The van der Waals surface area contributed by atoms with Crippen LogP contribution in [0, 0.1) is 5.92 Å². The number of piperidine rings is 1. The minimum atomic E-state index is -4.44. The summed E-state index contributed by atoms with van der Waals surface area (Å²) in [5, 5.41) is 0. The lowest BCUT2D eigenvalue weighted by molar-refractivity contribution is -0.164. The standard InChI is InChI=1S/C19H26F3N3O2/c1-2-24(13-19(20,21)22)17(26)15-9-6-10-25(12-15)18(27)16(23)11-14-7-4-3-5-8-14/h3-5,7-8,15-16H,2,6,9-13,23H2,1H3/t15?,16-/m0/s1. The van der Waals surface area contributed by atoms with Gasteiger partial charge in [-0.1, -0.05) is 30.3 Å². The van der Waals surface area contributed by atoms with Gasteiger partial charge >= 0.3 is 6.18 Å². The van der Waals surface area contributed by atoms with Crippen LogP contribution in [0.5, 0.6) is 0 Å². The summed E-state index contributed by atoms with van der Waals surface area (Å²) in [6, 6.07) is 8.62. The lowest BCUT2D eigenvalue weighted by Crippen LogP contribution is -2.52. The normalized spacial score (nSPS) is 18.9. The van der Waals surface area contributed by atoms with Crippen molar-refractivity contribution in [2.24, 2.45) is 11.7 Å². The number of halogens is 3. The van der Waals surface area contributed by atoms with Gasteiger partial charge in [-0.05, 0) is 31.7 Å². The smallest absolute Gasteiger partial charge is 0.341 e. The van der Waals surface area contributed by atoms with Gasteiger partial charge in [-0.25, -0.2) is 0 Å². The summed E-state index contributed by atoms with van der Waals surface area (Å²) in [7, 11) is 0. The van der Waals surface area contributed by atoms with Crippen LogP contribution >= 0.6 is 0 Å². The predicted octanol–water partition coefficient (Wildman–Crippen LogP) is 2.21. The van der Waals surface area contributed by atoms with Gasteiger partial charge in [0, 0.05) is 19.6 Å². The number of carbonyl (C=O) groups is 2. The minimum absolute atomic E-state index is 0.0175. The Hall–Kier alpha value is -2.09. The molecule has 1 aliphatic heterocycles. The molecule has 0 bridgehead atoms. The first kappa shape index (κ1) is 21.2. The summed E-state index contributed by atoms with van der Waals surface area (Å²) >= 11 is 0. The molecule has 0 saturated carbocycles. The number of benzene rings is 1. The number of alkyl halides is 3. The lowest BCUT2D eigenvalue weighted by atomic mass is 9.95. The highest BCUT2D eigenvalue weighted by Gasteiger charge is 2.37. The van der Waals surface area contributed by atoms with E-state index in [-0.39, 0.29) is 19.0 Å². The van der Waals surface area contributed by atoms with Crippen LogP contribution < -0.4 is 5.73 Å². The molecule has 8 heteroatoms. The summed E-state index contributed by atoms with van der Waals surface area (Å²) in [5.74, 6) is -1.44. The number of carbonyl (C=O) groups excluding carboxylic acids is 2. The van der Waals surface area contributed by atoms with E-state index in [9.17, 15) is 22.8 Å². The molecule has 150 valence electrons. The zero-order chi connectivity index (χ0) is 20.0.